The molecule has 0 bridgehead atoms. The van der Waals surface area contributed by atoms with Crippen molar-refractivity contribution in [3.05, 3.63) is 41.3 Å². The van der Waals surface area contributed by atoms with Gasteiger partial charge in [-0.2, -0.15) is 4.91 Å². The Morgan fingerprint density at radius 3 is 2.41 bits per heavy atom. The fraction of sp³-hybridized carbons (Fsp3) is 0.167. The normalized spacial score (nSPS) is 10.3. The first kappa shape index (κ1) is 11.6. The molecule has 2 aromatic carbocycles. The summed E-state index contributed by atoms with van der Waals surface area (Å²) in [6, 6.07) is 11.4. The number of hydrogen-bond acceptors (Lipinski definition) is 4. The molecule has 2 aromatic rings. The summed E-state index contributed by atoms with van der Waals surface area (Å²) in [7, 11) is 2.68. The van der Waals surface area contributed by atoms with Crippen LogP contribution in [0.5, 0.6) is 0 Å². The first-order valence-electron chi connectivity index (χ1n) is 5.33. The first-order valence-corrected chi connectivity index (χ1v) is 5.33. The number of nitroso groups, excluding NO2 is 1. The standard InChI is InChI=1S/C12H13BN2O2/c1-15(2)12-6-4-9-7-11(13(16)14-17)5-3-10(9)8-12/h3-8,16H,1-2H3. The maximum absolute atomic E-state index is 10.3. The molecule has 1 N–H and O–H groups in total. The number of rotatable bonds is 3. The van der Waals surface area contributed by atoms with Crippen molar-refractivity contribution in [1.82, 2.24) is 0 Å². The highest BCUT2D eigenvalue weighted by Gasteiger charge is 2.15. The summed E-state index contributed by atoms with van der Waals surface area (Å²) in [6.07, 6.45) is 0. The number of fused-ring (bicyclic) bond motifs is 1. The fourth-order valence-corrected chi connectivity index (χ4v) is 1.75. The van der Waals surface area contributed by atoms with Crippen molar-refractivity contribution in [2.75, 3.05) is 19.0 Å². The highest BCUT2D eigenvalue weighted by molar-refractivity contribution is 6.64. The van der Waals surface area contributed by atoms with Crippen LogP contribution in [0.3, 0.4) is 0 Å². The summed E-state index contributed by atoms with van der Waals surface area (Å²) >= 11 is 0. The third-order valence-corrected chi connectivity index (χ3v) is 2.76. The van der Waals surface area contributed by atoms with Gasteiger partial charge in [0.25, 0.3) is 0 Å². The molecule has 5 heteroatoms. The van der Waals surface area contributed by atoms with Gasteiger partial charge in [0, 0.05) is 19.8 Å². The molecule has 0 saturated carbocycles. The van der Waals surface area contributed by atoms with Crippen LogP contribution in [0.2, 0.25) is 0 Å². The SMILES string of the molecule is CN(C)c1ccc2cc(B(O)N=O)ccc2c1. The van der Waals surface area contributed by atoms with E-state index in [2.05, 4.69) is 11.2 Å². The van der Waals surface area contributed by atoms with Gasteiger partial charge in [0.15, 0.2) is 0 Å². The van der Waals surface area contributed by atoms with Crippen molar-refractivity contribution in [2.45, 2.75) is 0 Å². The third kappa shape index (κ3) is 2.29. The zero-order valence-electron chi connectivity index (χ0n) is 9.79. The molecule has 0 saturated heterocycles. The van der Waals surface area contributed by atoms with Crippen LogP contribution in [0.4, 0.5) is 5.69 Å². The summed E-state index contributed by atoms with van der Waals surface area (Å²) < 4.78 is 0. The minimum absolute atomic E-state index is 0.519. The minimum atomic E-state index is -1.28. The lowest BCUT2D eigenvalue weighted by molar-refractivity contribution is 0.587. The van der Waals surface area contributed by atoms with Gasteiger partial charge in [-0.25, -0.2) is 0 Å². The van der Waals surface area contributed by atoms with Crippen LogP contribution in [0, 0.1) is 4.91 Å². The molecular weight excluding hydrogens is 215 g/mol. The van der Waals surface area contributed by atoms with Gasteiger partial charge in [-0.1, -0.05) is 29.4 Å². The van der Waals surface area contributed by atoms with E-state index in [-0.39, 0.29) is 0 Å². The van der Waals surface area contributed by atoms with Crippen molar-refractivity contribution < 1.29 is 5.02 Å². The van der Waals surface area contributed by atoms with Crippen LogP contribution < -0.4 is 10.4 Å². The van der Waals surface area contributed by atoms with Crippen molar-refractivity contribution in [2.24, 2.45) is 5.09 Å². The van der Waals surface area contributed by atoms with E-state index in [4.69, 9.17) is 0 Å². The second-order valence-corrected chi connectivity index (χ2v) is 4.16. The molecule has 0 aliphatic heterocycles. The van der Waals surface area contributed by atoms with Gasteiger partial charge in [0.2, 0.25) is 0 Å². The van der Waals surface area contributed by atoms with Crippen LogP contribution in [-0.4, -0.2) is 26.2 Å². The maximum atomic E-state index is 10.3. The predicted molar refractivity (Wildman–Crippen MR) is 71.7 cm³/mol. The predicted octanol–water partition coefficient (Wildman–Crippen LogP) is 1.36. The number of hydrogen-bond donors (Lipinski definition) is 1. The zero-order chi connectivity index (χ0) is 12.4. The summed E-state index contributed by atoms with van der Waals surface area (Å²) in [5.74, 6) is 0. The second-order valence-electron chi connectivity index (χ2n) is 4.16. The molecule has 0 heterocycles. The van der Waals surface area contributed by atoms with E-state index in [1.165, 1.54) is 0 Å². The van der Waals surface area contributed by atoms with Gasteiger partial charge < -0.3 is 9.92 Å². The highest BCUT2D eigenvalue weighted by Crippen LogP contribution is 2.19. The molecule has 0 aliphatic carbocycles. The molecule has 0 aliphatic rings. The van der Waals surface area contributed by atoms with Gasteiger partial charge in [-0.05, 0) is 28.4 Å². The molecule has 0 atom stereocenters. The smallest absolute Gasteiger partial charge is 0.425 e. The molecule has 0 fully saturated rings. The summed E-state index contributed by atoms with van der Waals surface area (Å²) in [5.41, 5.74) is 1.63. The zero-order valence-corrected chi connectivity index (χ0v) is 9.79. The second kappa shape index (κ2) is 4.55. The monoisotopic (exact) mass is 228 g/mol. The topological polar surface area (TPSA) is 52.9 Å². The minimum Gasteiger partial charge on any atom is -0.425 e. The van der Waals surface area contributed by atoms with E-state index < -0.39 is 7.05 Å². The Balaban J connectivity index is 2.50. The van der Waals surface area contributed by atoms with Gasteiger partial charge in [0.1, 0.15) is 0 Å². The van der Waals surface area contributed by atoms with E-state index >= 15 is 0 Å². The average molecular weight is 228 g/mol. The molecule has 0 spiro atoms. The molecule has 4 nitrogen and oxygen atoms in total. The van der Waals surface area contributed by atoms with Crippen LogP contribution in [0.25, 0.3) is 10.8 Å². The van der Waals surface area contributed by atoms with Gasteiger partial charge in [0.05, 0.1) is 0 Å². The van der Waals surface area contributed by atoms with Crippen LogP contribution in [0.1, 0.15) is 0 Å². The fourth-order valence-electron chi connectivity index (χ4n) is 1.75. The molecule has 17 heavy (non-hydrogen) atoms. The number of benzene rings is 2. The van der Waals surface area contributed by atoms with Crippen molar-refractivity contribution in [3.63, 3.8) is 0 Å². The number of anilines is 1. The Bertz CT molecular complexity index is 557. The van der Waals surface area contributed by atoms with E-state index in [1.807, 2.05) is 37.2 Å². The lowest BCUT2D eigenvalue weighted by Crippen LogP contribution is -2.27. The van der Waals surface area contributed by atoms with Crippen LogP contribution in [-0.2, 0) is 0 Å². The third-order valence-electron chi connectivity index (χ3n) is 2.76. The Hall–Kier alpha value is -1.88. The number of nitrogens with zero attached hydrogens (tertiary/aromatic N) is 2. The van der Waals surface area contributed by atoms with Gasteiger partial charge >= 0.3 is 7.05 Å². The molecule has 0 aromatic heterocycles. The summed E-state index contributed by atoms with van der Waals surface area (Å²) in [5, 5.41) is 14.0. The van der Waals surface area contributed by atoms with Crippen molar-refractivity contribution >= 4 is 29.0 Å². The van der Waals surface area contributed by atoms with Crippen molar-refractivity contribution in [3.8, 4) is 0 Å². The molecule has 0 amide bonds. The Morgan fingerprint density at radius 2 is 1.76 bits per heavy atom. The quantitative estimate of drug-likeness (QED) is 0.637. The Kier molecular flexibility index (Phi) is 3.11. The van der Waals surface area contributed by atoms with E-state index in [9.17, 15) is 9.93 Å². The summed E-state index contributed by atoms with van der Waals surface area (Å²) in [6.45, 7) is 0. The lowest BCUT2D eigenvalue weighted by Gasteiger charge is -2.13. The average Bonchev–Trinajstić information content (AvgIpc) is 2.36. The van der Waals surface area contributed by atoms with Gasteiger partial charge in [-0.3, -0.25) is 0 Å². The van der Waals surface area contributed by atoms with E-state index in [0.29, 0.717) is 5.46 Å². The molecule has 0 radical (unpaired) electrons. The van der Waals surface area contributed by atoms with E-state index in [0.717, 1.165) is 16.5 Å². The van der Waals surface area contributed by atoms with Crippen LogP contribution in [0.15, 0.2) is 41.5 Å². The van der Waals surface area contributed by atoms with Crippen molar-refractivity contribution in [1.29, 1.82) is 0 Å². The van der Waals surface area contributed by atoms with E-state index in [1.54, 1.807) is 12.1 Å². The lowest BCUT2D eigenvalue weighted by atomic mass is 9.75. The molecule has 0 unspecified atom stereocenters. The Morgan fingerprint density at radius 1 is 1.12 bits per heavy atom. The van der Waals surface area contributed by atoms with Gasteiger partial charge in [-0.15, -0.1) is 0 Å². The summed E-state index contributed by atoms with van der Waals surface area (Å²) in [4.78, 5) is 12.3. The largest absolute Gasteiger partial charge is 0.517 e. The first-order chi connectivity index (χ1) is 8.11. The maximum Gasteiger partial charge on any atom is 0.517 e. The molecular formula is C12H13BN2O2. The van der Waals surface area contributed by atoms with Crippen LogP contribution >= 0.6 is 0 Å². The molecule has 86 valence electrons. The Labute approximate surface area is 100.0 Å². The highest BCUT2D eigenvalue weighted by atomic mass is 16.3. The molecule has 2 rings (SSSR count).